The summed E-state index contributed by atoms with van der Waals surface area (Å²) < 4.78 is 7.00. The van der Waals surface area contributed by atoms with Gasteiger partial charge < -0.3 is 10.1 Å². The van der Waals surface area contributed by atoms with Crippen molar-refractivity contribution in [1.82, 2.24) is 4.98 Å². The van der Waals surface area contributed by atoms with Crippen LogP contribution in [0.15, 0.2) is 48.0 Å². The summed E-state index contributed by atoms with van der Waals surface area (Å²) in [7, 11) is 1.89. The van der Waals surface area contributed by atoms with Gasteiger partial charge in [0.2, 0.25) is 5.88 Å². The summed E-state index contributed by atoms with van der Waals surface area (Å²) in [5.41, 5.74) is 1.06. The van der Waals surface area contributed by atoms with E-state index < -0.39 is 0 Å². The van der Waals surface area contributed by atoms with Gasteiger partial charge in [0.1, 0.15) is 5.75 Å². The lowest BCUT2D eigenvalue weighted by molar-refractivity contribution is 0.469. The fraction of sp³-hybridized carbons (Fsp3) is 0.0714. The summed E-state index contributed by atoms with van der Waals surface area (Å²) in [6, 6.07) is 11.8. The molecule has 0 aliphatic heterocycles. The number of ether oxygens (including phenoxy) is 1. The first-order valence-electron chi connectivity index (χ1n) is 5.65. The molecule has 1 aromatic carbocycles. The highest BCUT2D eigenvalue weighted by Crippen LogP contribution is 2.30. The molecule has 0 saturated heterocycles. The number of aromatic nitrogens is 1. The summed E-state index contributed by atoms with van der Waals surface area (Å²) in [4.78, 5) is 4.29. The Morgan fingerprint density at radius 2 is 1.94 bits per heavy atom. The molecule has 3 nitrogen and oxygen atoms in total. The number of hydrogen-bond donors (Lipinski definition) is 1. The van der Waals surface area contributed by atoms with Gasteiger partial charge in [0.15, 0.2) is 0 Å². The van der Waals surface area contributed by atoms with Crippen LogP contribution in [0.1, 0.15) is 0 Å². The summed E-state index contributed by atoms with van der Waals surface area (Å²) in [5.74, 6) is 1.45. The molecule has 0 aliphatic carbocycles. The van der Waals surface area contributed by atoms with E-state index in [4.69, 9.17) is 4.74 Å². The number of anilines is 1. The molecule has 0 spiro atoms. The maximum atomic E-state index is 5.82. The molecule has 90 valence electrons. The molecule has 3 rings (SSSR count). The first kappa shape index (κ1) is 11.0. The lowest BCUT2D eigenvalue weighted by Crippen LogP contribution is -1.90. The van der Waals surface area contributed by atoms with E-state index in [0.29, 0.717) is 5.88 Å². The second-order valence-corrected chi connectivity index (χ2v) is 4.77. The van der Waals surface area contributed by atoms with E-state index >= 15 is 0 Å². The Balaban J connectivity index is 1.93. The molecule has 0 amide bonds. The topological polar surface area (TPSA) is 34.1 Å². The summed E-state index contributed by atoms with van der Waals surface area (Å²) in [5, 5.41) is 6.17. The van der Waals surface area contributed by atoms with E-state index in [-0.39, 0.29) is 0 Å². The van der Waals surface area contributed by atoms with E-state index in [1.807, 2.05) is 48.8 Å². The first-order valence-corrected chi connectivity index (χ1v) is 6.52. The minimum absolute atomic E-state index is 0.658. The highest BCUT2D eigenvalue weighted by atomic mass is 32.1. The van der Waals surface area contributed by atoms with Crippen molar-refractivity contribution in [3.05, 3.63) is 48.0 Å². The minimum atomic E-state index is 0.658. The van der Waals surface area contributed by atoms with Crippen molar-refractivity contribution < 1.29 is 4.74 Å². The Labute approximate surface area is 109 Å². The van der Waals surface area contributed by atoms with Gasteiger partial charge in [-0.3, -0.25) is 0 Å². The van der Waals surface area contributed by atoms with Crippen LogP contribution < -0.4 is 10.1 Å². The molecule has 1 N–H and O–H groups in total. The fourth-order valence-electron chi connectivity index (χ4n) is 1.75. The highest BCUT2D eigenvalue weighted by Gasteiger charge is 2.05. The van der Waals surface area contributed by atoms with Crippen LogP contribution in [-0.2, 0) is 0 Å². The van der Waals surface area contributed by atoms with Crippen molar-refractivity contribution in [2.45, 2.75) is 0 Å². The molecular weight excluding hydrogens is 244 g/mol. The number of pyridine rings is 1. The SMILES string of the molecule is CNc1ccc(Oc2nccc3sccc23)cc1. The number of nitrogens with zero attached hydrogens (tertiary/aromatic N) is 1. The van der Waals surface area contributed by atoms with Crippen molar-refractivity contribution in [3.63, 3.8) is 0 Å². The number of thiophene rings is 1. The third kappa shape index (κ3) is 2.02. The van der Waals surface area contributed by atoms with Crippen molar-refractivity contribution >= 4 is 27.1 Å². The minimum Gasteiger partial charge on any atom is -0.438 e. The van der Waals surface area contributed by atoms with Gasteiger partial charge in [-0.1, -0.05) is 0 Å². The van der Waals surface area contributed by atoms with Crippen molar-refractivity contribution in [1.29, 1.82) is 0 Å². The second kappa shape index (κ2) is 4.66. The van der Waals surface area contributed by atoms with Crippen molar-refractivity contribution in [2.75, 3.05) is 12.4 Å². The molecule has 0 radical (unpaired) electrons. The molecule has 2 heterocycles. The van der Waals surface area contributed by atoms with E-state index in [2.05, 4.69) is 10.3 Å². The number of hydrogen-bond acceptors (Lipinski definition) is 4. The smallest absolute Gasteiger partial charge is 0.227 e. The third-order valence-electron chi connectivity index (χ3n) is 2.70. The van der Waals surface area contributed by atoms with Crippen LogP contribution >= 0.6 is 11.3 Å². The average molecular weight is 256 g/mol. The maximum absolute atomic E-state index is 5.82. The highest BCUT2D eigenvalue weighted by molar-refractivity contribution is 7.17. The van der Waals surface area contributed by atoms with Crippen LogP contribution in [-0.4, -0.2) is 12.0 Å². The Morgan fingerprint density at radius 1 is 1.11 bits per heavy atom. The van der Waals surface area contributed by atoms with Crippen LogP contribution in [0.4, 0.5) is 5.69 Å². The largest absolute Gasteiger partial charge is 0.438 e. The van der Waals surface area contributed by atoms with Crippen LogP contribution in [0.25, 0.3) is 10.1 Å². The lowest BCUT2D eigenvalue weighted by atomic mass is 10.3. The molecule has 4 heteroatoms. The molecule has 0 aliphatic rings. The van der Waals surface area contributed by atoms with Crippen molar-refractivity contribution in [2.24, 2.45) is 0 Å². The van der Waals surface area contributed by atoms with Crippen LogP contribution in [0.3, 0.4) is 0 Å². The number of benzene rings is 1. The monoisotopic (exact) mass is 256 g/mol. The molecule has 0 unspecified atom stereocenters. The number of nitrogens with one attached hydrogen (secondary N) is 1. The van der Waals surface area contributed by atoms with Gasteiger partial charge in [0.25, 0.3) is 0 Å². The Bertz CT molecular complexity index is 661. The van der Waals surface area contributed by atoms with Gasteiger partial charge in [-0.15, -0.1) is 11.3 Å². The van der Waals surface area contributed by atoms with Crippen LogP contribution in [0.2, 0.25) is 0 Å². The second-order valence-electron chi connectivity index (χ2n) is 3.82. The van der Waals surface area contributed by atoms with Crippen LogP contribution in [0.5, 0.6) is 11.6 Å². The first-order chi connectivity index (χ1) is 8.86. The Hall–Kier alpha value is -2.07. The van der Waals surface area contributed by atoms with Gasteiger partial charge in [-0.25, -0.2) is 4.98 Å². The average Bonchev–Trinajstić information content (AvgIpc) is 2.89. The van der Waals surface area contributed by atoms with Crippen molar-refractivity contribution in [3.8, 4) is 11.6 Å². The summed E-state index contributed by atoms with van der Waals surface area (Å²) >= 11 is 1.69. The molecule has 0 saturated carbocycles. The zero-order chi connectivity index (χ0) is 12.4. The molecule has 2 aromatic heterocycles. The normalized spacial score (nSPS) is 10.5. The van der Waals surface area contributed by atoms with E-state index in [1.54, 1.807) is 17.5 Å². The predicted octanol–water partition coefficient (Wildman–Crippen LogP) is 4.13. The number of fused-ring (bicyclic) bond motifs is 1. The fourth-order valence-corrected chi connectivity index (χ4v) is 2.52. The summed E-state index contributed by atoms with van der Waals surface area (Å²) in [6.45, 7) is 0. The van der Waals surface area contributed by atoms with Crippen LogP contribution in [0, 0.1) is 0 Å². The predicted molar refractivity (Wildman–Crippen MR) is 75.7 cm³/mol. The van der Waals surface area contributed by atoms with Gasteiger partial charge >= 0.3 is 0 Å². The zero-order valence-electron chi connectivity index (χ0n) is 9.88. The van der Waals surface area contributed by atoms with E-state index in [0.717, 1.165) is 16.8 Å². The summed E-state index contributed by atoms with van der Waals surface area (Å²) in [6.07, 6.45) is 1.77. The van der Waals surface area contributed by atoms with E-state index in [1.165, 1.54) is 4.70 Å². The molecule has 18 heavy (non-hydrogen) atoms. The molecule has 0 atom stereocenters. The van der Waals surface area contributed by atoms with Gasteiger partial charge in [0.05, 0.1) is 5.39 Å². The zero-order valence-corrected chi connectivity index (χ0v) is 10.7. The van der Waals surface area contributed by atoms with E-state index in [9.17, 15) is 0 Å². The lowest BCUT2D eigenvalue weighted by Gasteiger charge is -2.06. The Kier molecular flexibility index (Phi) is 2.86. The Morgan fingerprint density at radius 3 is 2.72 bits per heavy atom. The quantitative estimate of drug-likeness (QED) is 0.765. The molecular formula is C14H12N2OS. The molecule has 3 aromatic rings. The maximum Gasteiger partial charge on any atom is 0.227 e. The molecule has 0 fully saturated rings. The standard InChI is InChI=1S/C14H12N2OS/c1-15-10-2-4-11(5-3-10)17-14-12-7-9-18-13(12)6-8-16-14/h2-9,15H,1H3. The van der Waals surface area contributed by atoms with Gasteiger partial charge in [-0.05, 0) is 41.8 Å². The van der Waals surface area contributed by atoms with Gasteiger partial charge in [-0.2, -0.15) is 0 Å². The third-order valence-corrected chi connectivity index (χ3v) is 3.58. The number of rotatable bonds is 3. The molecule has 0 bridgehead atoms. The van der Waals surface area contributed by atoms with Gasteiger partial charge in [0, 0.05) is 23.6 Å².